The van der Waals surface area contributed by atoms with Crippen molar-refractivity contribution in [1.29, 1.82) is 5.41 Å². The van der Waals surface area contributed by atoms with Crippen LogP contribution in [0.2, 0.25) is 0 Å². The second kappa shape index (κ2) is 4.87. The second-order valence-corrected chi connectivity index (χ2v) is 2.68. The summed E-state index contributed by atoms with van der Waals surface area (Å²) >= 11 is 0. The SMILES string of the molecule is N=C(N)C(=O)C(=Nc1ccccc1)NN. The van der Waals surface area contributed by atoms with E-state index in [-0.39, 0.29) is 5.84 Å². The number of benzene rings is 1. The quantitative estimate of drug-likeness (QED) is 0.234. The lowest BCUT2D eigenvalue weighted by Gasteiger charge is -2.02. The fraction of sp³-hybridized carbons (Fsp3) is 0. The summed E-state index contributed by atoms with van der Waals surface area (Å²) in [5.41, 5.74) is 7.69. The van der Waals surface area contributed by atoms with Crippen molar-refractivity contribution in [2.24, 2.45) is 16.6 Å². The van der Waals surface area contributed by atoms with Gasteiger partial charge in [-0.25, -0.2) is 10.8 Å². The van der Waals surface area contributed by atoms with Crippen LogP contribution in [0.25, 0.3) is 0 Å². The lowest BCUT2D eigenvalue weighted by atomic mass is 10.3. The average Bonchev–Trinajstić information content (AvgIpc) is 2.26. The molecule has 0 aliphatic rings. The molecule has 0 saturated carbocycles. The molecular weight excluding hydrogens is 194 g/mol. The molecule has 15 heavy (non-hydrogen) atoms. The van der Waals surface area contributed by atoms with Gasteiger partial charge in [0.1, 0.15) is 0 Å². The Bertz CT molecular complexity index is 398. The summed E-state index contributed by atoms with van der Waals surface area (Å²) < 4.78 is 0. The maximum Gasteiger partial charge on any atom is 0.263 e. The van der Waals surface area contributed by atoms with E-state index in [2.05, 4.69) is 10.4 Å². The van der Waals surface area contributed by atoms with Gasteiger partial charge in [0.25, 0.3) is 5.78 Å². The number of rotatable bonds is 3. The number of ketones is 1. The van der Waals surface area contributed by atoms with Crippen molar-refractivity contribution in [3.05, 3.63) is 30.3 Å². The average molecular weight is 205 g/mol. The summed E-state index contributed by atoms with van der Waals surface area (Å²) in [7, 11) is 0. The van der Waals surface area contributed by atoms with Gasteiger partial charge < -0.3 is 11.2 Å². The minimum absolute atomic E-state index is 0.159. The Morgan fingerprint density at radius 2 is 1.93 bits per heavy atom. The summed E-state index contributed by atoms with van der Waals surface area (Å²) in [4.78, 5) is 15.2. The number of para-hydroxylation sites is 1. The van der Waals surface area contributed by atoms with E-state index in [0.29, 0.717) is 5.69 Å². The summed E-state index contributed by atoms with van der Waals surface area (Å²) in [6.45, 7) is 0. The zero-order valence-electron chi connectivity index (χ0n) is 7.90. The van der Waals surface area contributed by atoms with Crippen molar-refractivity contribution in [1.82, 2.24) is 5.43 Å². The molecular formula is C9H11N5O. The van der Waals surface area contributed by atoms with E-state index in [1.165, 1.54) is 0 Å². The summed E-state index contributed by atoms with van der Waals surface area (Å²) in [6, 6.07) is 8.76. The monoisotopic (exact) mass is 205 g/mol. The van der Waals surface area contributed by atoms with E-state index in [0.717, 1.165) is 0 Å². The largest absolute Gasteiger partial charge is 0.381 e. The predicted octanol–water partition coefficient (Wildman–Crippen LogP) is -0.315. The third-order valence-corrected chi connectivity index (χ3v) is 1.59. The maximum atomic E-state index is 11.3. The zero-order chi connectivity index (χ0) is 11.3. The lowest BCUT2D eigenvalue weighted by Crippen LogP contribution is -2.42. The molecule has 0 aromatic heterocycles. The van der Waals surface area contributed by atoms with Crippen LogP contribution in [0.15, 0.2) is 35.3 Å². The first-order valence-electron chi connectivity index (χ1n) is 4.14. The number of nitrogens with one attached hydrogen (secondary N) is 2. The van der Waals surface area contributed by atoms with Gasteiger partial charge in [0.15, 0.2) is 11.7 Å². The second-order valence-electron chi connectivity index (χ2n) is 2.68. The Balaban J connectivity index is 2.98. The van der Waals surface area contributed by atoms with E-state index in [9.17, 15) is 4.79 Å². The molecule has 0 atom stereocenters. The van der Waals surface area contributed by atoms with E-state index in [4.69, 9.17) is 17.0 Å². The van der Waals surface area contributed by atoms with Crippen LogP contribution >= 0.6 is 0 Å². The van der Waals surface area contributed by atoms with Gasteiger partial charge in [-0.15, -0.1) is 0 Å². The third-order valence-electron chi connectivity index (χ3n) is 1.59. The highest BCUT2D eigenvalue weighted by molar-refractivity contribution is 6.64. The highest BCUT2D eigenvalue weighted by Crippen LogP contribution is 2.09. The molecule has 1 aromatic rings. The first-order valence-corrected chi connectivity index (χ1v) is 4.14. The molecule has 1 aromatic carbocycles. The van der Waals surface area contributed by atoms with E-state index in [1.54, 1.807) is 24.3 Å². The molecule has 0 unspecified atom stereocenters. The molecule has 0 saturated heterocycles. The topological polar surface area (TPSA) is 117 Å². The number of aliphatic imine (C=N–C) groups is 1. The number of Topliss-reactive ketones (excluding diaryl/α,β-unsaturated/α-hetero) is 1. The summed E-state index contributed by atoms with van der Waals surface area (Å²) in [6.07, 6.45) is 0. The number of nitrogens with two attached hydrogens (primary N) is 2. The fourth-order valence-corrected chi connectivity index (χ4v) is 0.908. The van der Waals surface area contributed by atoms with Crippen molar-refractivity contribution >= 4 is 23.1 Å². The number of hydrogen-bond donors (Lipinski definition) is 4. The molecule has 78 valence electrons. The number of hydrogen-bond acceptors (Lipinski definition) is 4. The predicted molar refractivity (Wildman–Crippen MR) is 57.8 cm³/mol. The first kappa shape index (κ1) is 10.9. The molecule has 1 rings (SSSR count). The van der Waals surface area contributed by atoms with Crippen LogP contribution in [0.3, 0.4) is 0 Å². The minimum Gasteiger partial charge on any atom is -0.381 e. The van der Waals surface area contributed by atoms with Crippen LogP contribution in [0.4, 0.5) is 5.69 Å². The van der Waals surface area contributed by atoms with Crippen molar-refractivity contribution < 1.29 is 4.79 Å². The van der Waals surface area contributed by atoms with Crippen molar-refractivity contribution in [3.8, 4) is 0 Å². The Morgan fingerprint density at radius 1 is 1.33 bits per heavy atom. The zero-order valence-corrected chi connectivity index (χ0v) is 7.90. The van der Waals surface area contributed by atoms with E-state index < -0.39 is 11.6 Å². The van der Waals surface area contributed by atoms with Gasteiger partial charge in [0.05, 0.1) is 5.69 Å². The number of amidine groups is 2. The molecule has 0 amide bonds. The molecule has 0 radical (unpaired) electrons. The molecule has 6 heteroatoms. The van der Waals surface area contributed by atoms with Crippen LogP contribution in [0.1, 0.15) is 0 Å². The first-order chi connectivity index (χ1) is 7.15. The standard InChI is InChI=1S/C9H11N5O/c10-8(11)7(15)9(14-12)13-6-4-2-1-3-5-6/h1-5H,12H2,(H3,10,11)(H,13,14). The molecule has 0 aliphatic heterocycles. The van der Waals surface area contributed by atoms with Gasteiger partial charge in [0.2, 0.25) is 0 Å². The van der Waals surface area contributed by atoms with Crippen LogP contribution in [0, 0.1) is 5.41 Å². The Morgan fingerprint density at radius 3 is 2.40 bits per heavy atom. The number of hydrazine groups is 1. The Labute approximate surface area is 86.5 Å². The summed E-state index contributed by atoms with van der Waals surface area (Å²) in [5.74, 6) is 3.60. The fourth-order valence-electron chi connectivity index (χ4n) is 0.908. The van der Waals surface area contributed by atoms with Crippen LogP contribution in [0.5, 0.6) is 0 Å². The van der Waals surface area contributed by atoms with Gasteiger partial charge in [-0.1, -0.05) is 18.2 Å². The van der Waals surface area contributed by atoms with Gasteiger partial charge in [-0.2, -0.15) is 0 Å². The molecule has 6 N–H and O–H groups in total. The van der Waals surface area contributed by atoms with Gasteiger partial charge in [-0.3, -0.25) is 10.2 Å². The Kier molecular flexibility index (Phi) is 3.53. The molecule has 0 aliphatic carbocycles. The maximum absolute atomic E-state index is 11.3. The Hall–Kier alpha value is -2.21. The van der Waals surface area contributed by atoms with E-state index >= 15 is 0 Å². The molecule has 0 fully saturated rings. The molecule has 0 heterocycles. The summed E-state index contributed by atoms with van der Waals surface area (Å²) in [5, 5.41) is 6.95. The minimum atomic E-state index is -0.735. The van der Waals surface area contributed by atoms with Gasteiger partial charge in [0, 0.05) is 0 Å². The van der Waals surface area contributed by atoms with Crippen molar-refractivity contribution in [2.45, 2.75) is 0 Å². The van der Waals surface area contributed by atoms with Gasteiger partial charge >= 0.3 is 0 Å². The van der Waals surface area contributed by atoms with Gasteiger partial charge in [-0.05, 0) is 12.1 Å². The number of nitrogens with zero attached hydrogens (tertiary/aromatic N) is 1. The smallest absolute Gasteiger partial charge is 0.263 e. The van der Waals surface area contributed by atoms with Crippen LogP contribution in [-0.2, 0) is 4.79 Å². The van der Waals surface area contributed by atoms with Crippen LogP contribution < -0.4 is 17.0 Å². The normalized spacial score (nSPS) is 10.9. The molecule has 0 spiro atoms. The van der Waals surface area contributed by atoms with E-state index in [1.807, 2.05) is 6.07 Å². The number of carbonyl (C=O) groups is 1. The van der Waals surface area contributed by atoms with Crippen molar-refractivity contribution in [2.75, 3.05) is 0 Å². The number of carbonyl (C=O) groups excluding carboxylic acids is 1. The van der Waals surface area contributed by atoms with Crippen molar-refractivity contribution in [3.63, 3.8) is 0 Å². The molecule has 0 bridgehead atoms. The third kappa shape index (κ3) is 2.89. The highest BCUT2D eigenvalue weighted by atomic mass is 16.1. The lowest BCUT2D eigenvalue weighted by molar-refractivity contribution is -0.107. The highest BCUT2D eigenvalue weighted by Gasteiger charge is 2.12. The van der Waals surface area contributed by atoms with Crippen LogP contribution in [-0.4, -0.2) is 17.5 Å². The molecule has 6 nitrogen and oxygen atoms in total.